The van der Waals surface area contributed by atoms with Crippen LogP contribution in [-0.4, -0.2) is 51.6 Å². The Morgan fingerprint density at radius 1 is 1.28 bits per heavy atom. The molecular weight excluding hydrogens is 364 g/mol. The first-order valence-electron chi connectivity index (χ1n) is 10.0. The molecule has 0 atom stereocenters. The van der Waals surface area contributed by atoms with Gasteiger partial charge in [0.25, 0.3) is 5.91 Å². The van der Waals surface area contributed by atoms with E-state index < -0.39 is 0 Å². The lowest BCUT2D eigenvalue weighted by molar-refractivity contribution is 0.0764. The summed E-state index contributed by atoms with van der Waals surface area (Å²) >= 11 is 0. The maximum Gasteiger partial charge on any atom is 0.254 e. The van der Waals surface area contributed by atoms with Gasteiger partial charge in [-0.15, -0.1) is 0 Å². The van der Waals surface area contributed by atoms with Crippen LogP contribution in [0.15, 0.2) is 54.4 Å². The van der Waals surface area contributed by atoms with Crippen LogP contribution in [0, 0.1) is 0 Å². The SMILES string of the molecule is C=CN=C(N)CN(Cc1ncc[nH]1)C(=O)c1ccc(CN(C)CCCCC)cc1. The van der Waals surface area contributed by atoms with Crippen molar-refractivity contribution >= 4 is 11.7 Å². The van der Waals surface area contributed by atoms with Crippen molar-refractivity contribution < 1.29 is 4.79 Å². The monoisotopic (exact) mass is 396 g/mol. The summed E-state index contributed by atoms with van der Waals surface area (Å²) in [5.74, 6) is 0.895. The summed E-state index contributed by atoms with van der Waals surface area (Å²) in [6.07, 6.45) is 8.44. The van der Waals surface area contributed by atoms with Gasteiger partial charge in [-0.2, -0.15) is 0 Å². The standard InChI is InChI=1S/C22H32N6O/c1-4-6-7-14-27(3)15-18-8-10-19(11-9-18)22(29)28(16-20(23)24-5-2)17-21-25-12-13-26-21/h5,8-13H,2,4,6-7,14-17H2,1,3H3,(H2,23,24)(H,25,26). The quantitative estimate of drug-likeness (QED) is 0.327. The molecule has 0 saturated heterocycles. The number of aromatic nitrogens is 2. The summed E-state index contributed by atoms with van der Waals surface area (Å²) in [5.41, 5.74) is 7.70. The highest BCUT2D eigenvalue weighted by Crippen LogP contribution is 2.12. The molecule has 0 aliphatic heterocycles. The van der Waals surface area contributed by atoms with E-state index in [1.807, 2.05) is 24.3 Å². The maximum atomic E-state index is 13.1. The van der Waals surface area contributed by atoms with Gasteiger partial charge in [-0.25, -0.2) is 9.98 Å². The normalized spacial score (nSPS) is 11.6. The molecule has 7 heteroatoms. The van der Waals surface area contributed by atoms with Gasteiger partial charge in [0, 0.05) is 30.7 Å². The number of aromatic amines is 1. The lowest BCUT2D eigenvalue weighted by Gasteiger charge is -2.22. The summed E-state index contributed by atoms with van der Waals surface area (Å²) in [6, 6.07) is 7.76. The van der Waals surface area contributed by atoms with E-state index in [9.17, 15) is 4.79 Å². The predicted octanol–water partition coefficient (Wildman–Crippen LogP) is 3.17. The van der Waals surface area contributed by atoms with E-state index in [1.54, 1.807) is 17.3 Å². The van der Waals surface area contributed by atoms with E-state index in [2.05, 4.69) is 40.4 Å². The Hall–Kier alpha value is -2.93. The number of imidazole rings is 1. The Kier molecular flexibility index (Phi) is 9.11. The Morgan fingerprint density at radius 2 is 2.03 bits per heavy atom. The molecule has 3 N–H and O–H groups in total. The number of aliphatic imine (C=N–C) groups is 1. The molecule has 7 nitrogen and oxygen atoms in total. The number of amidine groups is 1. The molecule has 0 spiro atoms. The molecule has 1 aromatic heterocycles. The first kappa shape index (κ1) is 22.4. The molecule has 0 bridgehead atoms. The van der Waals surface area contributed by atoms with Crippen LogP contribution < -0.4 is 5.73 Å². The second-order valence-electron chi connectivity index (χ2n) is 7.14. The van der Waals surface area contributed by atoms with Crippen molar-refractivity contribution in [1.29, 1.82) is 0 Å². The number of carbonyl (C=O) groups is 1. The minimum atomic E-state index is -0.119. The number of hydrogen-bond acceptors (Lipinski definition) is 4. The van der Waals surface area contributed by atoms with Crippen LogP contribution in [0.1, 0.15) is 47.9 Å². The fraction of sp³-hybridized carbons (Fsp3) is 0.409. The van der Waals surface area contributed by atoms with Crippen LogP contribution in [0.2, 0.25) is 0 Å². The Morgan fingerprint density at radius 3 is 2.66 bits per heavy atom. The number of benzene rings is 1. The summed E-state index contributed by atoms with van der Waals surface area (Å²) < 4.78 is 0. The predicted molar refractivity (Wildman–Crippen MR) is 117 cm³/mol. The van der Waals surface area contributed by atoms with Crippen molar-refractivity contribution in [3.05, 3.63) is 66.4 Å². The summed E-state index contributed by atoms with van der Waals surface area (Å²) in [5, 5.41) is 0. The third-order valence-electron chi connectivity index (χ3n) is 4.59. The highest BCUT2D eigenvalue weighted by Gasteiger charge is 2.18. The molecule has 1 amide bonds. The van der Waals surface area contributed by atoms with Gasteiger partial charge in [-0.1, -0.05) is 38.5 Å². The van der Waals surface area contributed by atoms with Gasteiger partial charge in [0.15, 0.2) is 0 Å². The number of amides is 1. The Balaban J connectivity index is 2.05. The number of nitrogens with zero attached hydrogens (tertiary/aromatic N) is 4. The molecule has 2 aromatic rings. The van der Waals surface area contributed by atoms with E-state index in [0.29, 0.717) is 23.8 Å². The lowest BCUT2D eigenvalue weighted by Crippen LogP contribution is -2.38. The van der Waals surface area contributed by atoms with Gasteiger partial charge in [0.05, 0.1) is 13.1 Å². The first-order chi connectivity index (χ1) is 14.0. The second kappa shape index (κ2) is 11.8. The van der Waals surface area contributed by atoms with E-state index in [1.165, 1.54) is 31.0 Å². The van der Waals surface area contributed by atoms with E-state index in [0.717, 1.165) is 13.1 Å². The van der Waals surface area contributed by atoms with E-state index >= 15 is 0 Å². The molecule has 0 saturated carbocycles. The second-order valence-corrected chi connectivity index (χ2v) is 7.14. The number of H-pyrrole nitrogens is 1. The summed E-state index contributed by atoms with van der Waals surface area (Å²) in [7, 11) is 2.13. The molecule has 0 radical (unpaired) electrons. The zero-order valence-corrected chi connectivity index (χ0v) is 17.5. The smallest absolute Gasteiger partial charge is 0.254 e. The zero-order chi connectivity index (χ0) is 21.1. The Bertz CT molecular complexity index is 782. The minimum Gasteiger partial charge on any atom is -0.386 e. The van der Waals surface area contributed by atoms with Gasteiger partial charge >= 0.3 is 0 Å². The van der Waals surface area contributed by atoms with Gasteiger partial charge < -0.3 is 20.5 Å². The van der Waals surface area contributed by atoms with Crippen molar-refractivity contribution in [2.75, 3.05) is 20.1 Å². The average molecular weight is 397 g/mol. The number of nitrogens with two attached hydrogens (primary N) is 1. The van der Waals surface area contributed by atoms with Gasteiger partial charge in [-0.3, -0.25) is 4.79 Å². The molecular formula is C22H32N6O. The number of hydrogen-bond donors (Lipinski definition) is 2. The average Bonchev–Trinajstić information content (AvgIpc) is 3.21. The molecule has 2 rings (SSSR count). The fourth-order valence-electron chi connectivity index (χ4n) is 3.08. The number of nitrogens with one attached hydrogen (secondary N) is 1. The lowest BCUT2D eigenvalue weighted by atomic mass is 10.1. The molecule has 0 aliphatic carbocycles. The molecule has 156 valence electrons. The molecule has 0 unspecified atom stereocenters. The fourth-order valence-corrected chi connectivity index (χ4v) is 3.08. The molecule has 1 aromatic carbocycles. The summed E-state index contributed by atoms with van der Waals surface area (Å²) in [6.45, 7) is 8.23. The molecule has 1 heterocycles. The zero-order valence-electron chi connectivity index (χ0n) is 17.5. The van der Waals surface area contributed by atoms with Crippen molar-refractivity contribution in [1.82, 2.24) is 19.8 Å². The largest absolute Gasteiger partial charge is 0.386 e. The third kappa shape index (κ3) is 7.54. The van der Waals surface area contributed by atoms with Crippen LogP contribution in [0.4, 0.5) is 0 Å². The Labute approximate surface area is 173 Å². The van der Waals surface area contributed by atoms with E-state index in [-0.39, 0.29) is 12.5 Å². The van der Waals surface area contributed by atoms with Crippen molar-refractivity contribution in [2.24, 2.45) is 10.7 Å². The topological polar surface area (TPSA) is 90.6 Å². The minimum absolute atomic E-state index is 0.119. The highest BCUT2D eigenvalue weighted by atomic mass is 16.2. The highest BCUT2D eigenvalue weighted by molar-refractivity contribution is 5.97. The van der Waals surface area contributed by atoms with Crippen molar-refractivity contribution in [3.8, 4) is 0 Å². The third-order valence-corrected chi connectivity index (χ3v) is 4.59. The first-order valence-corrected chi connectivity index (χ1v) is 10.0. The molecule has 0 fully saturated rings. The van der Waals surface area contributed by atoms with Crippen molar-refractivity contribution in [3.63, 3.8) is 0 Å². The van der Waals surface area contributed by atoms with Crippen LogP contribution in [-0.2, 0) is 13.1 Å². The number of carbonyl (C=O) groups excluding carboxylic acids is 1. The maximum absolute atomic E-state index is 13.1. The number of rotatable bonds is 12. The van der Waals surface area contributed by atoms with E-state index in [4.69, 9.17) is 5.73 Å². The van der Waals surface area contributed by atoms with Crippen LogP contribution in [0.5, 0.6) is 0 Å². The molecule has 29 heavy (non-hydrogen) atoms. The van der Waals surface area contributed by atoms with Crippen LogP contribution in [0.3, 0.4) is 0 Å². The van der Waals surface area contributed by atoms with Gasteiger partial charge in [-0.05, 0) is 37.7 Å². The van der Waals surface area contributed by atoms with Gasteiger partial charge in [0.2, 0.25) is 0 Å². The van der Waals surface area contributed by atoms with Crippen LogP contribution in [0.25, 0.3) is 0 Å². The van der Waals surface area contributed by atoms with Crippen molar-refractivity contribution in [2.45, 2.75) is 39.3 Å². The van der Waals surface area contributed by atoms with Gasteiger partial charge in [0.1, 0.15) is 11.7 Å². The summed E-state index contributed by atoms with van der Waals surface area (Å²) in [4.78, 5) is 28.2. The van der Waals surface area contributed by atoms with Crippen LogP contribution >= 0.6 is 0 Å². The molecule has 0 aliphatic rings. The number of unbranched alkanes of at least 4 members (excludes halogenated alkanes) is 2.